The van der Waals surface area contributed by atoms with Crippen LogP contribution in [0.5, 0.6) is 11.5 Å². The molecule has 1 unspecified atom stereocenters. The minimum absolute atomic E-state index is 0.0377. The van der Waals surface area contributed by atoms with E-state index in [-0.39, 0.29) is 23.5 Å². The van der Waals surface area contributed by atoms with Crippen LogP contribution in [0.3, 0.4) is 0 Å². The van der Waals surface area contributed by atoms with Crippen LogP contribution in [0.25, 0.3) is 0 Å². The summed E-state index contributed by atoms with van der Waals surface area (Å²) in [7, 11) is 1.53. The molecule has 0 radical (unpaired) electrons. The van der Waals surface area contributed by atoms with Crippen molar-refractivity contribution in [3.63, 3.8) is 0 Å². The average Bonchev–Trinajstić information content (AvgIpc) is 2.76. The van der Waals surface area contributed by atoms with E-state index in [1.807, 2.05) is 0 Å². The Morgan fingerprint density at radius 1 is 1.20 bits per heavy atom. The van der Waals surface area contributed by atoms with E-state index in [1.54, 1.807) is 23.1 Å². The molecular formula is C23H34N2O5. The predicted molar refractivity (Wildman–Crippen MR) is 115 cm³/mol. The molecule has 1 aromatic rings. The van der Waals surface area contributed by atoms with Crippen molar-refractivity contribution in [2.45, 2.75) is 52.4 Å². The number of nitrogens with zero attached hydrogens (tertiary/aromatic N) is 1. The summed E-state index contributed by atoms with van der Waals surface area (Å²) in [5, 5.41) is 2.98. The molecule has 0 aromatic heterocycles. The number of ether oxygens (including phenoxy) is 2. The molecule has 0 saturated carbocycles. The van der Waals surface area contributed by atoms with Crippen LogP contribution in [0, 0.1) is 5.92 Å². The zero-order valence-corrected chi connectivity index (χ0v) is 18.4. The third-order valence-electron chi connectivity index (χ3n) is 5.34. The van der Waals surface area contributed by atoms with Crippen LogP contribution in [-0.2, 0) is 9.59 Å². The number of unbranched alkanes of at least 4 members (excludes halogenated alkanes) is 1. The van der Waals surface area contributed by atoms with E-state index in [0.717, 1.165) is 25.7 Å². The number of likely N-dealkylation sites (tertiary alicyclic amines) is 1. The van der Waals surface area contributed by atoms with Crippen molar-refractivity contribution in [3.05, 3.63) is 23.8 Å². The first-order valence-corrected chi connectivity index (χ1v) is 10.8. The third kappa shape index (κ3) is 7.04. The van der Waals surface area contributed by atoms with E-state index in [2.05, 4.69) is 12.2 Å². The number of hydrogen-bond donors (Lipinski definition) is 1. The first-order valence-electron chi connectivity index (χ1n) is 10.8. The number of carbonyl (C=O) groups is 3. The highest BCUT2D eigenvalue weighted by Crippen LogP contribution is 2.28. The van der Waals surface area contributed by atoms with Gasteiger partial charge in [-0.3, -0.25) is 14.4 Å². The van der Waals surface area contributed by atoms with E-state index in [4.69, 9.17) is 9.47 Å². The second kappa shape index (κ2) is 12.2. The zero-order chi connectivity index (χ0) is 21.9. The summed E-state index contributed by atoms with van der Waals surface area (Å²) in [6.45, 7) is 5.87. The van der Waals surface area contributed by atoms with E-state index in [1.165, 1.54) is 14.0 Å². The second-order valence-corrected chi connectivity index (χ2v) is 7.70. The molecule has 1 saturated heterocycles. The lowest BCUT2D eigenvalue weighted by Crippen LogP contribution is -2.45. The molecule has 1 heterocycles. The molecule has 166 valence electrons. The van der Waals surface area contributed by atoms with Crippen molar-refractivity contribution in [2.24, 2.45) is 5.92 Å². The number of methoxy groups -OCH3 is 1. The Balaban J connectivity index is 1.76. The summed E-state index contributed by atoms with van der Waals surface area (Å²) in [5.74, 6) is 1.02. The Kier molecular flexibility index (Phi) is 9.64. The smallest absolute Gasteiger partial charge is 0.224 e. The van der Waals surface area contributed by atoms with Crippen LogP contribution < -0.4 is 14.8 Å². The Bertz CT molecular complexity index is 734. The van der Waals surface area contributed by atoms with Gasteiger partial charge in [0.25, 0.3) is 0 Å². The van der Waals surface area contributed by atoms with Gasteiger partial charge in [0, 0.05) is 31.6 Å². The molecule has 1 aliphatic rings. The highest BCUT2D eigenvalue weighted by atomic mass is 16.5. The maximum absolute atomic E-state index is 12.6. The van der Waals surface area contributed by atoms with E-state index >= 15 is 0 Å². The first-order chi connectivity index (χ1) is 14.5. The first kappa shape index (κ1) is 23.7. The van der Waals surface area contributed by atoms with Crippen LogP contribution in [0.15, 0.2) is 18.2 Å². The SMILES string of the molecule is CCCCNC(=O)C1CCCN(C(=O)CCCOc2ccc(C(C)=O)cc2OC)C1. The minimum atomic E-state index is -0.111. The molecule has 1 atom stereocenters. The van der Waals surface area contributed by atoms with E-state index in [9.17, 15) is 14.4 Å². The lowest BCUT2D eigenvalue weighted by Gasteiger charge is -2.32. The minimum Gasteiger partial charge on any atom is -0.493 e. The van der Waals surface area contributed by atoms with Gasteiger partial charge in [-0.25, -0.2) is 0 Å². The van der Waals surface area contributed by atoms with Gasteiger partial charge in [0.2, 0.25) is 11.8 Å². The van der Waals surface area contributed by atoms with Crippen LogP contribution in [0.4, 0.5) is 0 Å². The number of nitrogens with one attached hydrogen (secondary N) is 1. The van der Waals surface area contributed by atoms with Gasteiger partial charge in [0.05, 0.1) is 19.6 Å². The zero-order valence-electron chi connectivity index (χ0n) is 18.4. The molecule has 2 rings (SSSR count). The fraction of sp³-hybridized carbons (Fsp3) is 0.609. The molecule has 1 aromatic carbocycles. The number of piperidine rings is 1. The number of amides is 2. The van der Waals surface area contributed by atoms with Crippen molar-refractivity contribution in [3.8, 4) is 11.5 Å². The fourth-order valence-corrected chi connectivity index (χ4v) is 3.52. The lowest BCUT2D eigenvalue weighted by molar-refractivity contribution is -0.135. The molecule has 30 heavy (non-hydrogen) atoms. The predicted octanol–water partition coefficient (Wildman–Crippen LogP) is 3.21. The summed E-state index contributed by atoms with van der Waals surface area (Å²) in [4.78, 5) is 38.1. The number of ketones is 1. The highest BCUT2D eigenvalue weighted by Gasteiger charge is 2.27. The monoisotopic (exact) mass is 418 g/mol. The number of rotatable bonds is 11. The van der Waals surface area contributed by atoms with Crippen LogP contribution in [0.2, 0.25) is 0 Å². The molecule has 0 spiro atoms. The molecule has 0 aliphatic carbocycles. The molecule has 1 N–H and O–H groups in total. The van der Waals surface area contributed by atoms with Gasteiger partial charge in [0.15, 0.2) is 17.3 Å². The van der Waals surface area contributed by atoms with Gasteiger partial charge in [-0.05, 0) is 50.8 Å². The number of hydrogen-bond acceptors (Lipinski definition) is 5. The molecule has 2 amide bonds. The van der Waals surface area contributed by atoms with Crippen molar-refractivity contribution < 1.29 is 23.9 Å². The van der Waals surface area contributed by atoms with Crippen LogP contribution in [-0.4, -0.2) is 55.8 Å². The van der Waals surface area contributed by atoms with Gasteiger partial charge >= 0.3 is 0 Å². The molecule has 1 aliphatic heterocycles. The summed E-state index contributed by atoms with van der Waals surface area (Å²) in [6.07, 6.45) is 4.65. The molecular weight excluding hydrogens is 384 g/mol. The maximum atomic E-state index is 12.6. The molecule has 7 nitrogen and oxygen atoms in total. The van der Waals surface area contributed by atoms with Gasteiger partial charge in [-0.15, -0.1) is 0 Å². The Labute approximate surface area is 179 Å². The summed E-state index contributed by atoms with van der Waals surface area (Å²) in [5.41, 5.74) is 0.563. The van der Waals surface area contributed by atoms with Gasteiger partial charge < -0.3 is 19.7 Å². The van der Waals surface area contributed by atoms with Gasteiger partial charge in [-0.2, -0.15) is 0 Å². The second-order valence-electron chi connectivity index (χ2n) is 7.70. The van der Waals surface area contributed by atoms with Crippen molar-refractivity contribution in [1.82, 2.24) is 10.2 Å². The molecule has 0 bridgehead atoms. The van der Waals surface area contributed by atoms with Gasteiger partial charge in [0.1, 0.15) is 0 Å². The number of benzene rings is 1. The lowest BCUT2D eigenvalue weighted by atomic mass is 9.96. The Hall–Kier alpha value is -2.57. The Morgan fingerprint density at radius 3 is 2.70 bits per heavy atom. The van der Waals surface area contributed by atoms with Crippen LogP contribution in [0.1, 0.15) is 62.7 Å². The molecule has 7 heteroatoms. The van der Waals surface area contributed by atoms with Crippen molar-refractivity contribution in [1.29, 1.82) is 0 Å². The van der Waals surface area contributed by atoms with E-state index in [0.29, 0.717) is 56.1 Å². The number of carbonyl (C=O) groups excluding carboxylic acids is 3. The summed E-state index contributed by atoms with van der Waals surface area (Å²) < 4.78 is 11.0. The van der Waals surface area contributed by atoms with E-state index < -0.39 is 0 Å². The topological polar surface area (TPSA) is 84.9 Å². The standard InChI is InChI=1S/C23H34N2O5/c1-4-5-12-24-23(28)19-8-6-13-25(16-19)22(27)9-7-14-30-20-11-10-18(17(2)26)15-21(20)29-3/h10-11,15,19H,4-9,12-14,16H2,1-3H3,(H,24,28). The highest BCUT2D eigenvalue weighted by molar-refractivity contribution is 5.94. The fourth-order valence-electron chi connectivity index (χ4n) is 3.52. The Morgan fingerprint density at radius 2 is 2.00 bits per heavy atom. The normalized spacial score (nSPS) is 16.1. The van der Waals surface area contributed by atoms with Gasteiger partial charge in [-0.1, -0.05) is 13.3 Å². The average molecular weight is 419 g/mol. The maximum Gasteiger partial charge on any atom is 0.224 e. The van der Waals surface area contributed by atoms with Crippen LogP contribution >= 0.6 is 0 Å². The largest absolute Gasteiger partial charge is 0.493 e. The number of Topliss-reactive ketones (excluding diaryl/α,β-unsaturated/α-hetero) is 1. The summed E-state index contributed by atoms with van der Waals surface area (Å²) in [6, 6.07) is 5.07. The molecule has 1 fully saturated rings. The third-order valence-corrected chi connectivity index (χ3v) is 5.34. The summed E-state index contributed by atoms with van der Waals surface area (Å²) >= 11 is 0. The quantitative estimate of drug-likeness (QED) is 0.441. The van der Waals surface area contributed by atoms with Crippen molar-refractivity contribution >= 4 is 17.6 Å². The van der Waals surface area contributed by atoms with Crippen molar-refractivity contribution in [2.75, 3.05) is 33.4 Å².